The number of hydrogen-bond acceptors (Lipinski definition) is 1. The van der Waals surface area contributed by atoms with Crippen molar-refractivity contribution in [3.63, 3.8) is 0 Å². The Morgan fingerprint density at radius 2 is 2.23 bits per heavy atom. The molecule has 1 heteroatoms. The molecule has 0 aliphatic carbocycles. The summed E-state index contributed by atoms with van der Waals surface area (Å²) in [7, 11) is 0. The zero-order chi connectivity index (χ0) is 9.52. The fourth-order valence-corrected chi connectivity index (χ4v) is 1.22. The highest BCUT2D eigenvalue weighted by Gasteiger charge is 1.91. The zero-order valence-corrected chi connectivity index (χ0v) is 8.46. The van der Waals surface area contributed by atoms with Crippen LogP contribution in [0, 0.1) is 0 Å². The second-order valence-electron chi connectivity index (χ2n) is 3.49. The van der Waals surface area contributed by atoms with Gasteiger partial charge < -0.3 is 0 Å². The van der Waals surface area contributed by atoms with Crippen LogP contribution in [0.4, 0.5) is 0 Å². The molecule has 0 aliphatic heterocycles. The van der Waals surface area contributed by atoms with Crippen LogP contribution in [0.3, 0.4) is 0 Å². The molecule has 0 atom stereocenters. The molecule has 0 aromatic carbocycles. The van der Waals surface area contributed by atoms with Crippen LogP contribution < -0.4 is 0 Å². The van der Waals surface area contributed by atoms with Crippen molar-refractivity contribution in [2.24, 2.45) is 0 Å². The molecule has 0 unspecified atom stereocenters. The lowest BCUT2D eigenvalue weighted by Gasteiger charge is -1.97. The Bertz CT molecular complexity index is 258. The van der Waals surface area contributed by atoms with E-state index < -0.39 is 0 Å². The Kier molecular flexibility index (Phi) is 4.24. The van der Waals surface area contributed by atoms with Crippen molar-refractivity contribution < 1.29 is 0 Å². The number of nitrogens with zero attached hydrogens (tertiary/aromatic N) is 1. The third-order valence-corrected chi connectivity index (χ3v) is 1.92. The van der Waals surface area contributed by atoms with Crippen molar-refractivity contribution in [3.8, 4) is 0 Å². The molecule has 0 bridgehead atoms. The van der Waals surface area contributed by atoms with Crippen LogP contribution in [0.1, 0.15) is 32.4 Å². The highest BCUT2D eigenvalue weighted by molar-refractivity contribution is 5.03. The minimum absolute atomic E-state index is 1.09. The minimum atomic E-state index is 1.09. The Labute approximate surface area is 80.5 Å². The summed E-state index contributed by atoms with van der Waals surface area (Å²) in [6.45, 7) is 4.28. The van der Waals surface area contributed by atoms with Crippen LogP contribution in [0.5, 0.6) is 0 Å². The third kappa shape index (κ3) is 4.46. The minimum Gasteiger partial charge on any atom is -0.261 e. The van der Waals surface area contributed by atoms with E-state index in [1.807, 2.05) is 18.3 Å². The summed E-state index contributed by atoms with van der Waals surface area (Å²) in [6.07, 6.45) is 7.59. The average Bonchev–Trinajstić information content (AvgIpc) is 2.14. The van der Waals surface area contributed by atoms with E-state index in [0.29, 0.717) is 0 Å². The average molecular weight is 175 g/mol. The molecule has 0 aliphatic rings. The van der Waals surface area contributed by atoms with Crippen molar-refractivity contribution in [3.05, 3.63) is 41.7 Å². The molecule has 1 nitrogen and oxygen atoms in total. The van der Waals surface area contributed by atoms with Gasteiger partial charge in [0.15, 0.2) is 0 Å². The first-order chi connectivity index (χ1) is 6.29. The van der Waals surface area contributed by atoms with E-state index in [1.165, 1.54) is 24.1 Å². The maximum atomic E-state index is 4.27. The molecule has 1 rings (SSSR count). The summed E-state index contributed by atoms with van der Waals surface area (Å²) in [4.78, 5) is 4.27. The summed E-state index contributed by atoms with van der Waals surface area (Å²) in [5, 5.41) is 0. The maximum absolute atomic E-state index is 4.27. The van der Waals surface area contributed by atoms with E-state index >= 15 is 0 Å². The monoisotopic (exact) mass is 175 g/mol. The van der Waals surface area contributed by atoms with Gasteiger partial charge in [0, 0.05) is 11.9 Å². The Morgan fingerprint density at radius 1 is 1.38 bits per heavy atom. The maximum Gasteiger partial charge on any atom is 0.0403 e. The number of aryl methyl sites for hydroxylation is 1. The second kappa shape index (κ2) is 5.52. The lowest BCUT2D eigenvalue weighted by molar-refractivity contribution is 0.814. The van der Waals surface area contributed by atoms with Gasteiger partial charge >= 0.3 is 0 Å². The fraction of sp³-hybridized carbons (Fsp3) is 0.417. The molecular formula is C12H17N. The van der Waals surface area contributed by atoms with Crippen LogP contribution in [-0.2, 0) is 6.42 Å². The highest BCUT2D eigenvalue weighted by Crippen LogP contribution is 2.03. The molecule has 0 saturated carbocycles. The van der Waals surface area contributed by atoms with Crippen LogP contribution in [0.25, 0.3) is 0 Å². The Morgan fingerprint density at radius 3 is 2.85 bits per heavy atom. The Hall–Kier alpha value is -1.11. The van der Waals surface area contributed by atoms with E-state index in [1.54, 1.807) is 0 Å². The van der Waals surface area contributed by atoms with Crippen molar-refractivity contribution in [2.75, 3.05) is 0 Å². The van der Waals surface area contributed by atoms with Crippen LogP contribution in [0.15, 0.2) is 36.0 Å². The van der Waals surface area contributed by atoms with Crippen LogP contribution >= 0.6 is 0 Å². The largest absolute Gasteiger partial charge is 0.261 e. The summed E-state index contributed by atoms with van der Waals surface area (Å²) in [5.74, 6) is 0. The van der Waals surface area contributed by atoms with Gasteiger partial charge in [-0.25, -0.2) is 0 Å². The number of pyridine rings is 1. The van der Waals surface area contributed by atoms with E-state index in [-0.39, 0.29) is 0 Å². The van der Waals surface area contributed by atoms with Gasteiger partial charge in [0.2, 0.25) is 0 Å². The first-order valence-corrected chi connectivity index (χ1v) is 4.82. The molecule has 0 fully saturated rings. The predicted molar refractivity (Wildman–Crippen MR) is 56.6 cm³/mol. The van der Waals surface area contributed by atoms with Crippen LogP contribution in [-0.4, -0.2) is 4.98 Å². The molecule has 1 aromatic heterocycles. The fourth-order valence-electron chi connectivity index (χ4n) is 1.22. The van der Waals surface area contributed by atoms with E-state index in [9.17, 15) is 0 Å². The van der Waals surface area contributed by atoms with Gasteiger partial charge in [-0.3, -0.25) is 4.98 Å². The topological polar surface area (TPSA) is 12.9 Å². The summed E-state index contributed by atoms with van der Waals surface area (Å²) < 4.78 is 0. The number of rotatable bonds is 4. The highest BCUT2D eigenvalue weighted by atomic mass is 14.7. The lowest BCUT2D eigenvalue weighted by Crippen LogP contribution is -1.87. The second-order valence-corrected chi connectivity index (χ2v) is 3.49. The first-order valence-electron chi connectivity index (χ1n) is 4.82. The molecule has 13 heavy (non-hydrogen) atoms. The molecular weight excluding hydrogens is 158 g/mol. The van der Waals surface area contributed by atoms with Crippen molar-refractivity contribution in [1.29, 1.82) is 0 Å². The van der Waals surface area contributed by atoms with Gasteiger partial charge in [-0.1, -0.05) is 17.7 Å². The SMILES string of the molecule is CC(C)=CCCCc1ccccn1. The quantitative estimate of drug-likeness (QED) is 0.505. The molecule has 0 spiro atoms. The van der Waals surface area contributed by atoms with E-state index in [2.05, 4.69) is 31.0 Å². The standard InChI is InChI=1S/C12H17N/c1-11(2)7-3-4-8-12-9-5-6-10-13-12/h5-7,9-10H,3-4,8H2,1-2H3. The van der Waals surface area contributed by atoms with Gasteiger partial charge in [0.25, 0.3) is 0 Å². The smallest absolute Gasteiger partial charge is 0.0403 e. The number of aromatic nitrogens is 1. The zero-order valence-electron chi connectivity index (χ0n) is 8.46. The lowest BCUT2D eigenvalue weighted by atomic mass is 10.1. The van der Waals surface area contributed by atoms with Gasteiger partial charge in [-0.05, 0) is 45.2 Å². The van der Waals surface area contributed by atoms with Gasteiger partial charge in [-0.2, -0.15) is 0 Å². The summed E-state index contributed by atoms with van der Waals surface area (Å²) in [6, 6.07) is 6.09. The predicted octanol–water partition coefficient (Wildman–Crippen LogP) is 3.37. The molecule has 0 amide bonds. The van der Waals surface area contributed by atoms with E-state index in [4.69, 9.17) is 0 Å². The number of unbranched alkanes of at least 4 members (excludes halogenated alkanes) is 1. The van der Waals surface area contributed by atoms with Crippen LogP contribution in [0.2, 0.25) is 0 Å². The molecule has 70 valence electrons. The first kappa shape index (κ1) is 9.97. The molecule has 1 aromatic rings. The Balaban J connectivity index is 2.25. The van der Waals surface area contributed by atoms with Gasteiger partial charge in [0.05, 0.1) is 0 Å². The number of hydrogen-bond donors (Lipinski definition) is 0. The van der Waals surface area contributed by atoms with Crippen molar-refractivity contribution in [2.45, 2.75) is 33.1 Å². The summed E-state index contributed by atoms with van der Waals surface area (Å²) in [5.41, 5.74) is 2.60. The summed E-state index contributed by atoms with van der Waals surface area (Å²) >= 11 is 0. The molecule has 0 N–H and O–H groups in total. The van der Waals surface area contributed by atoms with Crippen molar-refractivity contribution >= 4 is 0 Å². The normalized spacial score (nSPS) is 9.69. The number of allylic oxidation sites excluding steroid dienone is 2. The van der Waals surface area contributed by atoms with Gasteiger partial charge in [-0.15, -0.1) is 0 Å². The molecule has 1 heterocycles. The van der Waals surface area contributed by atoms with Crippen molar-refractivity contribution in [1.82, 2.24) is 4.98 Å². The molecule has 0 radical (unpaired) electrons. The van der Waals surface area contributed by atoms with E-state index in [0.717, 1.165) is 6.42 Å². The molecule has 0 saturated heterocycles. The third-order valence-electron chi connectivity index (χ3n) is 1.92. The van der Waals surface area contributed by atoms with Gasteiger partial charge in [0.1, 0.15) is 0 Å².